The van der Waals surface area contributed by atoms with Gasteiger partial charge in [0, 0.05) is 11.8 Å². The van der Waals surface area contributed by atoms with E-state index >= 15 is 0 Å². The van der Waals surface area contributed by atoms with Crippen molar-refractivity contribution in [1.82, 2.24) is 9.78 Å². The second kappa shape index (κ2) is 9.91. The van der Waals surface area contributed by atoms with Crippen molar-refractivity contribution < 1.29 is 14.3 Å². The van der Waals surface area contributed by atoms with Gasteiger partial charge in [-0.05, 0) is 61.4 Å². The molecule has 0 saturated carbocycles. The molecule has 0 radical (unpaired) electrons. The Kier molecular flexibility index (Phi) is 6.59. The Balaban J connectivity index is 1.56. The summed E-state index contributed by atoms with van der Waals surface area (Å²) in [7, 11) is 1.60. The predicted octanol–water partition coefficient (Wildman–Crippen LogP) is 6.19. The molecule has 3 aromatic carbocycles. The fourth-order valence-corrected chi connectivity index (χ4v) is 3.47. The molecule has 0 bridgehead atoms. The van der Waals surface area contributed by atoms with Gasteiger partial charge >= 0.3 is 6.03 Å². The number of para-hydroxylation sites is 3. The van der Waals surface area contributed by atoms with Gasteiger partial charge < -0.3 is 20.1 Å². The standard InChI is InChI=1S/C26H26N4O3/c1-4-19-9-5-7-11-23(19)30-25(17-18(2)29-30)33-24-12-8-6-10-22(24)28-26(31)27-20-13-15-21(32-3)16-14-20/h5-17H,4H2,1-3H3,(H2,27,28,31). The van der Waals surface area contributed by atoms with Gasteiger partial charge in [0.05, 0.1) is 24.2 Å². The molecule has 2 amide bonds. The van der Waals surface area contributed by atoms with E-state index in [1.807, 2.05) is 43.3 Å². The van der Waals surface area contributed by atoms with Crippen molar-refractivity contribution in [3.8, 4) is 23.1 Å². The Bertz CT molecular complexity index is 1250. The zero-order valence-electron chi connectivity index (χ0n) is 18.8. The smallest absolute Gasteiger partial charge is 0.323 e. The molecule has 0 aliphatic rings. The van der Waals surface area contributed by atoms with E-state index in [1.165, 1.54) is 0 Å². The molecule has 0 aliphatic carbocycles. The van der Waals surface area contributed by atoms with Gasteiger partial charge in [0.2, 0.25) is 5.88 Å². The first-order valence-electron chi connectivity index (χ1n) is 10.7. The van der Waals surface area contributed by atoms with Gasteiger partial charge in [0.1, 0.15) is 5.75 Å². The third kappa shape index (κ3) is 5.15. The molecular weight excluding hydrogens is 416 g/mol. The van der Waals surface area contributed by atoms with Crippen molar-refractivity contribution >= 4 is 17.4 Å². The number of hydrogen-bond donors (Lipinski definition) is 2. The lowest BCUT2D eigenvalue weighted by atomic mass is 10.1. The number of carbonyl (C=O) groups is 1. The molecule has 0 saturated heterocycles. The van der Waals surface area contributed by atoms with Crippen molar-refractivity contribution in [2.45, 2.75) is 20.3 Å². The number of aromatic nitrogens is 2. The van der Waals surface area contributed by atoms with Gasteiger partial charge in [-0.25, -0.2) is 9.48 Å². The minimum Gasteiger partial charge on any atom is -0.497 e. The first kappa shape index (κ1) is 22.0. The van der Waals surface area contributed by atoms with Crippen LogP contribution in [0.1, 0.15) is 18.2 Å². The number of carbonyl (C=O) groups excluding carboxylic acids is 1. The molecule has 1 heterocycles. The summed E-state index contributed by atoms with van der Waals surface area (Å²) in [6.07, 6.45) is 0.873. The minimum absolute atomic E-state index is 0.378. The lowest BCUT2D eigenvalue weighted by molar-refractivity contribution is 0.262. The van der Waals surface area contributed by atoms with E-state index in [0.717, 1.165) is 29.1 Å². The van der Waals surface area contributed by atoms with E-state index in [9.17, 15) is 4.79 Å². The van der Waals surface area contributed by atoms with Gasteiger partial charge in [-0.3, -0.25) is 0 Å². The molecule has 4 rings (SSSR count). The van der Waals surface area contributed by atoms with Crippen LogP contribution in [0.4, 0.5) is 16.2 Å². The number of rotatable bonds is 7. The summed E-state index contributed by atoms with van der Waals surface area (Å²) in [4.78, 5) is 12.6. The minimum atomic E-state index is -0.378. The molecule has 7 heteroatoms. The van der Waals surface area contributed by atoms with Gasteiger partial charge in [-0.15, -0.1) is 0 Å². The van der Waals surface area contributed by atoms with Crippen LogP contribution in [0, 0.1) is 6.92 Å². The summed E-state index contributed by atoms with van der Waals surface area (Å²) >= 11 is 0. The summed E-state index contributed by atoms with van der Waals surface area (Å²) in [5.74, 6) is 1.80. The maximum absolute atomic E-state index is 12.6. The molecule has 7 nitrogen and oxygen atoms in total. The van der Waals surface area contributed by atoms with Crippen LogP contribution in [-0.4, -0.2) is 22.9 Å². The van der Waals surface area contributed by atoms with Gasteiger partial charge in [0.25, 0.3) is 0 Å². The second-order valence-corrected chi connectivity index (χ2v) is 7.42. The number of hydrogen-bond acceptors (Lipinski definition) is 4. The first-order valence-corrected chi connectivity index (χ1v) is 10.7. The highest BCUT2D eigenvalue weighted by molar-refractivity contribution is 6.00. The monoisotopic (exact) mass is 442 g/mol. The van der Waals surface area contributed by atoms with Crippen LogP contribution in [-0.2, 0) is 6.42 Å². The van der Waals surface area contributed by atoms with Crippen LogP contribution >= 0.6 is 0 Å². The van der Waals surface area contributed by atoms with Crippen molar-refractivity contribution in [2.75, 3.05) is 17.7 Å². The zero-order chi connectivity index (χ0) is 23.2. The molecule has 1 aromatic heterocycles. The second-order valence-electron chi connectivity index (χ2n) is 7.42. The Labute approximate surface area is 193 Å². The summed E-state index contributed by atoms with van der Waals surface area (Å²) in [6, 6.07) is 24.0. The van der Waals surface area contributed by atoms with E-state index in [2.05, 4.69) is 28.7 Å². The number of anilines is 2. The molecule has 0 aliphatic heterocycles. The number of aryl methyl sites for hydroxylation is 2. The molecule has 0 unspecified atom stereocenters. The van der Waals surface area contributed by atoms with Gasteiger partial charge in [0.15, 0.2) is 5.75 Å². The highest BCUT2D eigenvalue weighted by Gasteiger charge is 2.15. The van der Waals surface area contributed by atoms with Crippen LogP contribution in [0.3, 0.4) is 0 Å². The van der Waals surface area contributed by atoms with Crippen LogP contribution in [0.25, 0.3) is 5.69 Å². The number of methoxy groups -OCH3 is 1. The van der Waals surface area contributed by atoms with Crippen LogP contribution < -0.4 is 20.1 Å². The van der Waals surface area contributed by atoms with Crippen molar-refractivity contribution in [3.63, 3.8) is 0 Å². The SMILES string of the molecule is CCc1ccccc1-n1nc(C)cc1Oc1ccccc1NC(=O)Nc1ccc(OC)cc1. The Morgan fingerprint density at radius 3 is 2.45 bits per heavy atom. The third-order valence-electron chi connectivity index (χ3n) is 5.10. The van der Waals surface area contributed by atoms with Crippen LogP contribution in [0.2, 0.25) is 0 Å². The normalized spacial score (nSPS) is 10.5. The molecule has 0 atom stereocenters. The summed E-state index contributed by atoms with van der Waals surface area (Å²) < 4.78 is 13.2. The lowest BCUT2D eigenvalue weighted by Crippen LogP contribution is -2.19. The molecule has 168 valence electrons. The number of benzene rings is 3. The van der Waals surface area contributed by atoms with Gasteiger partial charge in [-0.2, -0.15) is 5.10 Å². The molecular formula is C26H26N4O3. The number of amides is 2. The predicted molar refractivity (Wildman–Crippen MR) is 130 cm³/mol. The summed E-state index contributed by atoms with van der Waals surface area (Å²) in [5, 5.41) is 10.3. The zero-order valence-corrected chi connectivity index (χ0v) is 18.8. The Morgan fingerprint density at radius 2 is 1.70 bits per heavy atom. The summed E-state index contributed by atoms with van der Waals surface area (Å²) in [5.41, 5.74) is 4.15. The van der Waals surface area contributed by atoms with Crippen LogP contribution in [0.15, 0.2) is 78.9 Å². The molecule has 4 aromatic rings. The van der Waals surface area contributed by atoms with E-state index in [-0.39, 0.29) is 6.03 Å². The maximum Gasteiger partial charge on any atom is 0.323 e. The van der Waals surface area contributed by atoms with Crippen molar-refractivity contribution in [2.24, 2.45) is 0 Å². The summed E-state index contributed by atoms with van der Waals surface area (Å²) in [6.45, 7) is 4.03. The van der Waals surface area contributed by atoms with E-state index in [4.69, 9.17) is 9.47 Å². The average Bonchev–Trinajstić information content (AvgIpc) is 3.20. The lowest BCUT2D eigenvalue weighted by Gasteiger charge is -2.15. The first-order chi connectivity index (χ1) is 16.1. The number of nitrogens with zero attached hydrogens (tertiary/aromatic N) is 2. The molecule has 0 fully saturated rings. The van der Waals surface area contributed by atoms with Gasteiger partial charge in [-0.1, -0.05) is 37.3 Å². The fraction of sp³-hybridized carbons (Fsp3) is 0.154. The number of ether oxygens (including phenoxy) is 2. The third-order valence-corrected chi connectivity index (χ3v) is 5.10. The number of urea groups is 1. The van der Waals surface area contributed by atoms with E-state index in [0.29, 0.717) is 23.0 Å². The molecule has 2 N–H and O–H groups in total. The topological polar surface area (TPSA) is 77.4 Å². The number of nitrogens with one attached hydrogen (secondary N) is 2. The largest absolute Gasteiger partial charge is 0.497 e. The van der Waals surface area contributed by atoms with Crippen molar-refractivity contribution in [1.29, 1.82) is 0 Å². The van der Waals surface area contributed by atoms with Crippen molar-refractivity contribution in [3.05, 3.63) is 90.1 Å². The van der Waals surface area contributed by atoms with E-state index in [1.54, 1.807) is 48.2 Å². The Hall–Kier alpha value is -4.26. The van der Waals surface area contributed by atoms with Crippen LogP contribution in [0.5, 0.6) is 17.4 Å². The average molecular weight is 443 g/mol. The highest BCUT2D eigenvalue weighted by Crippen LogP contribution is 2.32. The molecule has 33 heavy (non-hydrogen) atoms. The van der Waals surface area contributed by atoms with E-state index < -0.39 is 0 Å². The highest BCUT2D eigenvalue weighted by atomic mass is 16.5. The fourth-order valence-electron chi connectivity index (χ4n) is 3.47. The Morgan fingerprint density at radius 1 is 0.970 bits per heavy atom. The quantitative estimate of drug-likeness (QED) is 0.358. The maximum atomic E-state index is 12.6. The molecule has 0 spiro atoms.